The molecule has 0 aromatic heterocycles. The van der Waals surface area contributed by atoms with Gasteiger partial charge in [-0.2, -0.15) is 21.9 Å². The zero-order valence-corrected chi connectivity index (χ0v) is 9.52. The van der Waals surface area contributed by atoms with Crippen LogP contribution in [-0.4, -0.2) is 15.0 Å². The molecule has 0 aliphatic rings. The summed E-state index contributed by atoms with van der Waals surface area (Å²) in [4.78, 5) is 0. The molecule has 0 amide bonds. The molecule has 0 aliphatic carbocycles. The Hall–Kier alpha value is -0.760. The van der Waals surface area contributed by atoms with E-state index in [0.29, 0.717) is 0 Å². The van der Waals surface area contributed by atoms with Crippen molar-refractivity contribution in [3.05, 3.63) is 34.9 Å². The molecular weight excluding hydrogens is 262 g/mol. The number of nitrogens with one attached hydrogen (secondary N) is 1. The van der Waals surface area contributed by atoms with Gasteiger partial charge in [0.2, 0.25) is 0 Å². The molecule has 4 nitrogen and oxygen atoms in total. The highest BCUT2D eigenvalue weighted by Crippen LogP contribution is 2.32. The zero-order chi connectivity index (χ0) is 12.4. The molecule has 0 fully saturated rings. The van der Waals surface area contributed by atoms with E-state index in [1.807, 2.05) is 0 Å². The number of halogens is 3. The van der Waals surface area contributed by atoms with Gasteiger partial charge in [0.1, 0.15) is 0 Å². The highest BCUT2D eigenvalue weighted by atomic mass is 35.5. The van der Waals surface area contributed by atoms with E-state index in [0.717, 1.165) is 6.07 Å². The highest BCUT2D eigenvalue weighted by molar-refractivity contribution is 7.87. The van der Waals surface area contributed by atoms with E-state index in [1.54, 1.807) is 0 Å². The fourth-order valence-corrected chi connectivity index (χ4v) is 1.70. The van der Waals surface area contributed by atoms with Gasteiger partial charge in [-0.05, 0) is 6.07 Å². The lowest BCUT2D eigenvalue weighted by molar-refractivity contribution is 0.00220. The molecular formula is C8H9ClF2N2O2S. The minimum atomic E-state index is -4.15. The molecule has 3 N–H and O–H groups in total. The summed E-state index contributed by atoms with van der Waals surface area (Å²) in [6, 6.07) is 5.29. The number of nitrogens with two attached hydrogens (primary N) is 1. The van der Waals surface area contributed by atoms with Gasteiger partial charge in [-0.15, -0.1) is 0 Å². The molecule has 1 aromatic carbocycles. The van der Waals surface area contributed by atoms with Crippen molar-refractivity contribution in [3.63, 3.8) is 0 Å². The smallest absolute Gasteiger partial charge is 0.216 e. The number of alkyl halides is 2. The third-order valence-corrected chi connectivity index (χ3v) is 2.64. The molecule has 0 unspecified atom stereocenters. The van der Waals surface area contributed by atoms with E-state index in [1.165, 1.54) is 22.9 Å². The average molecular weight is 271 g/mol. The first kappa shape index (κ1) is 13.3. The van der Waals surface area contributed by atoms with E-state index >= 15 is 0 Å². The molecule has 0 aliphatic heterocycles. The molecule has 1 aromatic rings. The Morgan fingerprint density at radius 2 is 1.94 bits per heavy atom. The standard InChI is InChI=1S/C8H9ClF2N2O2S/c9-7-4-2-1-3-6(7)8(10,11)5-13-16(12,14)15/h1-4,13H,5H2,(H2,12,14,15). The summed E-state index contributed by atoms with van der Waals surface area (Å²) in [5.41, 5.74) is -0.451. The van der Waals surface area contributed by atoms with E-state index in [-0.39, 0.29) is 5.02 Å². The summed E-state index contributed by atoms with van der Waals surface area (Å²) < 4.78 is 49.5. The van der Waals surface area contributed by atoms with E-state index in [9.17, 15) is 17.2 Å². The Morgan fingerprint density at radius 3 is 2.44 bits per heavy atom. The van der Waals surface area contributed by atoms with Gasteiger partial charge < -0.3 is 0 Å². The molecule has 0 saturated heterocycles. The lowest BCUT2D eigenvalue weighted by Crippen LogP contribution is -2.38. The summed E-state index contributed by atoms with van der Waals surface area (Å²) in [5, 5.41) is 4.42. The van der Waals surface area contributed by atoms with Gasteiger partial charge in [0.25, 0.3) is 16.1 Å². The third kappa shape index (κ3) is 3.67. The fourth-order valence-electron chi connectivity index (χ4n) is 1.04. The van der Waals surface area contributed by atoms with Gasteiger partial charge >= 0.3 is 0 Å². The molecule has 0 radical (unpaired) electrons. The second-order valence-corrected chi connectivity index (χ2v) is 4.84. The quantitative estimate of drug-likeness (QED) is 0.864. The number of hydrogen-bond donors (Lipinski definition) is 2. The maximum atomic E-state index is 13.5. The first-order valence-corrected chi connectivity index (χ1v) is 6.05. The normalized spacial score (nSPS) is 12.8. The Balaban J connectivity index is 2.90. The molecule has 0 saturated carbocycles. The second-order valence-electron chi connectivity index (χ2n) is 3.05. The van der Waals surface area contributed by atoms with Crippen molar-refractivity contribution in [1.29, 1.82) is 0 Å². The monoisotopic (exact) mass is 270 g/mol. The predicted octanol–water partition coefficient (Wildman–Crippen LogP) is 1.22. The second kappa shape index (κ2) is 4.62. The van der Waals surface area contributed by atoms with Crippen LogP contribution in [0.25, 0.3) is 0 Å². The Labute approximate surface area is 96.6 Å². The first-order valence-electron chi connectivity index (χ1n) is 4.12. The van der Waals surface area contributed by atoms with Crippen LogP contribution in [0.5, 0.6) is 0 Å². The number of hydrogen-bond acceptors (Lipinski definition) is 2. The summed E-state index contributed by atoms with van der Waals surface area (Å²) in [6.45, 7) is -1.13. The Morgan fingerprint density at radius 1 is 1.38 bits per heavy atom. The predicted molar refractivity (Wildman–Crippen MR) is 56.5 cm³/mol. The highest BCUT2D eigenvalue weighted by Gasteiger charge is 2.34. The van der Waals surface area contributed by atoms with Gasteiger partial charge in [-0.3, -0.25) is 0 Å². The largest absolute Gasteiger partial charge is 0.287 e. The summed E-state index contributed by atoms with van der Waals surface area (Å²) in [5.74, 6) is -3.41. The van der Waals surface area contributed by atoms with Gasteiger partial charge in [0.05, 0.1) is 6.54 Å². The fraction of sp³-hybridized carbons (Fsp3) is 0.250. The van der Waals surface area contributed by atoms with E-state index in [2.05, 4.69) is 5.14 Å². The van der Waals surface area contributed by atoms with Crippen LogP contribution in [0.3, 0.4) is 0 Å². The molecule has 0 bridgehead atoms. The Kier molecular flexibility index (Phi) is 3.84. The van der Waals surface area contributed by atoms with Crippen molar-refractivity contribution in [2.45, 2.75) is 5.92 Å². The molecule has 8 heteroatoms. The van der Waals surface area contributed by atoms with Crippen molar-refractivity contribution in [2.24, 2.45) is 5.14 Å². The molecule has 1 rings (SSSR count). The summed E-state index contributed by atoms with van der Waals surface area (Å²) in [7, 11) is -4.15. The van der Waals surface area contributed by atoms with Crippen molar-refractivity contribution in [1.82, 2.24) is 4.72 Å². The minimum Gasteiger partial charge on any atom is -0.216 e. The SMILES string of the molecule is NS(=O)(=O)NCC(F)(F)c1ccccc1Cl. The van der Waals surface area contributed by atoms with Crippen molar-refractivity contribution >= 4 is 21.8 Å². The van der Waals surface area contributed by atoms with E-state index < -0.39 is 28.2 Å². The topological polar surface area (TPSA) is 72.2 Å². The maximum absolute atomic E-state index is 13.5. The van der Waals surface area contributed by atoms with Gasteiger partial charge in [-0.25, -0.2) is 5.14 Å². The van der Waals surface area contributed by atoms with Crippen LogP contribution in [0.4, 0.5) is 8.78 Å². The third-order valence-electron chi connectivity index (χ3n) is 1.76. The summed E-state index contributed by atoms with van der Waals surface area (Å²) >= 11 is 5.57. The van der Waals surface area contributed by atoms with Gasteiger partial charge in [-0.1, -0.05) is 29.8 Å². The van der Waals surface area contributed by atoms with E-state index in [4.69, 9.17) is 11.6 Å². The van der Waals surface area contributed by atoms with Crippen LogP contribution < -0.4 is 9.86 Å². The lowest BCUT2D eigenvalue weighted by Gasteiger charge is -2.17. The maximum Gasteiger partial charge on any atom is 0.287 e. The molecule has 0 heterocycles. The molecule has 16 heavy (non-hydrogen) atoms. The molecule has 90 valence electrons. The minimum absolute atomic E-state index is 0.135. The van der Waals surface area contributed by atoms with Gasteiger partial charge in [0, 0.05) is 10.6 Å². The summed E-state index contributed by atoms with van der Waals surface area (Å²) in [6.07, 6.45) is 0. The van der Waals surface area contributed by atoms with Crippen molar-refractivity contribution in [3.8, 4) is 0 Å². The lowest BCUT2D eigenvalue weighted by atomic mass is 10.1. The number of benzene rings is 1. The van der Waals surface area contributed by atoms with Gasteiger partial charge in [0.15, 0.2) is 0 Å². The number of rotatable bonds is 4. The van der Waals surface area contributed by atoms with Crippen LogP contribution in [-0.2, 0) is 16.1 Å². The first-order chi connectivity index (χ1) is 7.22. The molecule has 0 spiro atoms. The van der Waals surface area contributed by atoms with Crippen LogP contribution in [0.2, 0.25) is 5.02 Å². The van der Waals surface area contributed by atoms with Crippen LogP contribution >= 0.6 is 11.6 Å². The van der Waals surface area contributed by atoms with Crippen molar-refractivity contribution in [2.75, 3.05) is 6.54 Å². The Bertz CT molecular complexity index is 479. The van der Waals surface area contributed by atoms with Crippen LogP contribution in [0.1, 0.15) is 5.56 Å². The van der Waals surface area contributed by atoms with Crippen LogP contribution in [0.15, 0.2) is 24.3 Å². The van der Waals surface area contributed by atoms with Crippen LogP contribution in [0, 0.1) is 0 Å². The average Bonchev–Trinajstić information content (AvgIpc) is 2.14. The molecule has 0 atom stereocenters. The van der Waals surface area contributed by atoms with Crippen molar-refractivity contribution < 1.29 is 17.2 Å². The zero-order valence-electron chi connectivity index (χ0n) is 7.95.